The number of carbonyl (C=O) groups is 2. The number of esters is 1. The van der Waals surface area contributed by atoms with E-state index in [1.165, 1.54) is 17.2 Å². The summed E-state index contributed by atoms with van der Waals surface area (Å²) in [6.45, 7) is 6.67. The Hall–Kier alpha value is -3.14. The van der Waals surface area contributed by atoms with Crippen LogP contribution in [-0.2, 0) is 34.8 Å². The van der Waals surface area contributed by atoms with Crippen LogP contribution in [0.5, 0.6) is 5.75 Å². The highest BCUT2D eigenvalue weighted by atomic mass is 35.5. The van der Waals surface area contributed by atoms with E-state index in [0.29, 0.717) is 0 Å². The Morgan fingerprint density at radius 2 is 1.88 bits per heavy atom. The third kappa shape index (κ3) is 7.13. The first kappa shape index (κ1) is 29.8. The second kappa shape index (κ2) is 12.6. The number of ether oxygens (including phenoxy) is 2. The Morgan fingerprint density at radius 3 is 2.52 bits per heavy atom. The first-order chi connectivity index (χ1) is 19.0. The number of hydrogen-bond donors (Lipinski definition) is 2. The highest BCUT2D eigenvalue weighted by Crippen LogP contribution is 2.51. The van der Waals surface area contributed by atoms with E-state index in [9.17, 15) is 19.3 Å². The molecule has 1 amide bonds. The molecule has 2 aliphatic rings. The highest BCUT2D eigenvalue weighted by Gasteiger charge is 2.55. The van der Waals surface area contributed by atoms with Crippen molar-refractivity contribution in [2.45, 2.75) is 43.8 Å². The predicted molar refractivity (Wildman–Crippen MR) is 148 cm³/mol. The summed E-state index contributed by atoms with van der Waals surface area (Å²) >= 11 is 6.68. The summed E-state index contributed by atoms with van der Waals surface area (Å²) in [7, 11) is -3.98. The monoisotopic (exact) mass is 590 g/mol. The summed E-state index contributed by atoms with van der Waals surface area (Å²) < 4.78 is 36.9. The molecular formula is C28H32ClN2O8P. The van der Waals surface area contributed by atoms with Gasteiger partial charge in [0.15, 0.2) is 6.23 Å². The number of aliphatic hydroxyl groups excluding tert-OH is 1. The van der Waals surface area contributed by atoms with E-state index in [-0.39, 0.29) is 36.9 Å². The number of hydrogen-bond acceptors (Lipinski definition) is 9. The van der Waals surface area contributed by atoms with Crippen LogP contribution >= 0.6 is 19.2 Å². The molecule has 2 aliphatic heterocycles. The van der Waals surface area contributed by atoms with E-state index in [1.54, 1.807) is 44.2 Å². The van der Waals surface area contributed by atoms with Crippen molar-refractivity contribution in [2.24, 2.45) is 5.92 Å². The van der Waals surface area contributed by atoms with Gasteiger partial charge in [0, 0.05) is 12.3 Å². The summed E-state index contributed by atoms with van der Waals surface area (Å²) in [6.07, 6.45) is -0.743. The quantitative estimate of drug-likeness (QED) is 0.226. The van der Waals surface area contributed by atoms with Crippen molar-refractivity contribution in [3.05, 3.63) is 90.9 Å². The third-order valence-corrected chi connectivity index (χ3v) is 8.92. The van der Waals surface area contributed by atoms with Crippen LogP contribution in [0.1, 0.15) is 19.4 Å². The fourth-order valence-corrected chi connectivity index (χ4v) is 6.45. The van der Waals surface area contributed by atoms with Gasteiger partial charge in [-0.3, -0.25) is 14.1 Å². The zero-order chi connectivity index (χ0) is 28.9. The average molecular weight is 591 g/mol. The molecule has 1 fully saturated rings. The minimum atomic E-state index is -3.98. The summed E-state index contributed by atoms with van der Waals surface area (Å²) in [6, 6.07) is 17.6. The van der Waals surface area contributed by atoms with Crippen LogP contribution < -0.4 is 9.84 Å². The van der Waals surface area contributed by atoms with Crippen LogP contribution in [0.4, 0.5) is 0 Å². The number of nitrogens with one attached hydrogen (secondary N) is 1. The second-order valence-corrected chi connectivity index (χ2v) is 12.6. The maximum absolute atomic E-state index is 14.0. The fourth-order valence-electron chi connectivity index (χ4n) is 4.28. The number of amides is 1. The molecule has 6 atom stereocenters. The lowest BCUT2D eigenvalue weighted by Crippen LogP contribution is -2.50. The molecule has 1 saturated heterocycles. The fraction of sp³-hybridized carbons (Fsp3) is 0.357. The number of carbonyl (C=O) groups excluding carboxylic acids is 2. The van der Waals surface area contributed by atoms with Crippen molar-refractivity contribution >= 4 is 31.1 Å². The first-order valence-electron chi connectivity index (χ1n) is 12.7. The molecule has 0 aromatic heterocycles. The average Bonchev–Trinajstić information content (AvgIpc) is 3.15. The van der Waals surface area contributed by atoms with E-state index < -0.39 is 42.8 Å². The van der Waals surface area contributed by atoms with E-state index in [1.807, 2.05) is 30.3 Å². The summed E-state index contributed by atoms with van der Waals surface area (Å²) in [5, 5.41) is 13.5. The predicted octanol–water partition coefficient (Wildman–Crippen LogP) is 4.15. The van der Waals surface area contributed by atoms with E-state index >= 15 is 0 Å². The van der Waals surface area contributed by atoms with E-state index in [0.717, 1.165) is 5.56 Å². The van der Waals surface area contributed by atoms with Gasteiger partial charge in [-0.1, -0.05) is 62.0 Å². The van der Waals surface area contributed by atoms with Crippen molar-refractivity contribution < 1.29 is 37.8 Å². The molecule has 0 spiro atoms. The molecule has 4 rings (SSSR count). The largest absolute Gasteiger partial charge is 0.461 e. The molecule has 1 unspecified atom stereocenters. The van der Waals surface area contributed by atoms with Gasteiger partial charge in [0.05, 0.1) is 18.7 Å². The normalized spacial score (nSPS) is 26.6. The smallest absolute Gasteiger partial charge is 0.380 e. The van der Waals surface area contributed by atoms with Crippen LogP contribution in [0.15, 0.2) is 85.3 Å². The lowest BCUT2D eigenvalue weighted by Gasteiger charge is -2.36. The van der Waals surface area contributed by atoms with Gasteiger partial charge in [-0.2, -0.15) is 0 Å². The Morgan fingerprint density at radius 1 is 1.23 bits per heavy atom. The molecule has 12 heteroatoms. The van der Waals surface area contributed by atoms with Gasteiger partial charge < -0.3 is 29.3 Å². The molecule has 10 nitrogen and oxygen atoms in total. The Balaban J connectivity index is 1.45. The zero-order valence-corrected chi connectivity index (χ0v) is 23.8. The molecule has 2 aromatic rings. The summed E-state index contributed by atoms with van der Waals surface area (Å²) in [5.74, 6) is -1.24. The van der Waals surface area contributed by atoms with Crippen LogP contribution in [0.25, 0.3) is 0 Å². The van der Waals surface area contributed by atoms with Gasteiger partial charge in [0.25, 0.3) is 5.91 Å². The topological polar surface area (TPSA) is 124 Å². The Bertz CT molecular complexity index is 1290. The van der Waals surface area contributed by atoms with Crippen LogP contribution in [0, 0.1) is 5.92 Å². The first-order valence-corrected chi connectivity index (χ1v) is 14.8. The number of alkyl halides is 1. The maximum atomic E-state index is 14.0. The molecule has 2 heterocycles. The van der Waals surface area contributed by atoms with Crippen LogP contribution in [0.2, 0.25) is 0 Å². The molecule has 2 N–H and O–H groups in total. The Kier molecular flexibility index (Phi) is 9.38. The Labute approximate surface area is 238 Å². The standard InChI is InChI=1S/C28H32ClN2O8P/c1-19(26(34)36-16-21-10-6-4-7-11-21)18-40(35,39-22-12-8-5-9-13-22)37-17-23-25(33)28(3,29)27(38-23)31-15-14-24(32)30-20(31)2/h4-15,19,23,25,27,33H,2,16-18H2,1,3H3,(H,30,32)/t19-,23+,25+,27+,28+,40?/m0/s1. The summed E-state index contributed by atoms with van der Waals surface area (Å²) in [4.78, 5) is 24.5. The molecular weight excluding hydrogens is 559 g/mol. The molecule has 0 bridgehead atoms. The van der Waals surface area contributed by atoms with E-state index in [4.69, 9.17) is 30.1 Å². The van der Waals surface area contributed by atoms with Crippen LogP contribution in [-0.4, -0.2) is 58.0 Å². The van der Waals surface area contributed by atoms with Crippen molar-refractivity contribution in [1.82, 2.24) is 10.2 Å². The number of para-hydroxylation sites is 1. The minimum absolute atomic E-state index is 0.0726. The zero-order valence-electron chi connectivity index (χ0n) is 22.1. The SMILES string of the molecule is C=C1NC(=O)C=CN1[C@@H]1O[C@H](COP(=O)(C[C@H](C)C(=O)OCc2ccccc2)Oc2ccccc2)[C@@H](O)[C@@]1(C)Cl. The molecule has 0 radical (unpaired) electrons. The molecule has 214 valence electrons. The van der Waals surface area contributed by atoms with Crippen LogP contribution in [0.3, 0.4) is 0 Å². The molecule has 40 heavy (non-hydrogen) atoms. The summed E-state index contributed by atoms with van der Waals surface area (Å²) in [5.41, 5.74) is 0.819. The lowest BCUT2D eigenvalue weighted by atomic mass is 10.0. The number of halogens is 1. The van der Waals surface area contributed by atoms with Gasteiger partial charge >= 0.3 is 13.6 Å². The molecule has 0 saturated carbocycles. The molecule has 0 aliphatic carbocycles. The number of aliphatic hydroxyl groups is 1. The number of rotatable bonds is 11. The van der Waals surface area contributed by atoms with Gasteiger partial charge in [-0.25, -0.2) is 4.57 Å². The number of benzene rings is 2. The number of nitrogens with zero attached hydrogens (tertiary/aromatic N) is 1. The maximum Gasteiger partial charge on any atom is 0.380 e. The highest BCUT2D eigenvalue weighted by molar-refractivity contribution is 7.54. The van der Waals surface area contributed by atoms with E-state index in [2.05, 4.69) is 11.9 Å². The van der Waals surface area contributed by atoms with Crippen molar-refractivity contribution in [3.63, 3.8) is 0 Å². The van der Waals surface area contributed by atoms with Gasteiger partial charge in [-0.05, 0) is 24.6 Å². The van der Waals surface area contributed by atoms with Gasteiger partial charge in [0.2, 0.25) is 0 Å². The second-order valence-electron chi connectivity index (χ2n) is 9.77. The van der Waals surface area contributed by atoms with Crippen molar-refractivity contribution in [2.75, 3.05) is 12.8 Å². The minimum Gasteiger partial charge on any atom is -0.461 e. The van der Waals surface area contributed by atoms with Crippen molar-refractivity contribution in [1.29, 1.82) is 0 Å². The molecule has 2 aromatic carbocycles. The van der Waals surface area contributed by atoms with Gasteiger partial charge in [0.1, 0.15) is 35.3 Å². The third-order valence-electron chi connectivity index (χ3n) is 6.48. The van der Waals surface area contributed by atoms with Crippen molar-refractivity contribution in [3.8, 4) is 5.75 Å². The van der Waals surface area contributed by atoms with Gasteiger partial charge in [-0.15, -0.1) is 11.6 Å². The lowest BCUT2D eigenvalue weighted by molar-refractivity contribution is -0.148.